The largest absolute Gasteiger partial charge is 0.438 e. The van der Waals surface area contributed by atoms with Gasteiger partial charge in [0.2, 0.25) is 5.91 Å². The molecular formula is C20H18F4N2O2. The normalized spacial score (nSPS) is 19.6. The summed E-state index contributed by atoms with van der Waals surface area (Å²) in [5, 5.41) is 14.1. The lowest BCUT2D eigenvalue weighted by Crippen LogP contribution is -2.56. The fourth-order valence-corrected chi connectivity index (χ4v) is 3.03. The van der Waals surface area contributed by atoms with E-state index in [2.05, 4.69) is 5.10 Å². The third-order valence-electron chi connectivity index (χ3n) is 4.55. The molecule has 1 aliphatic rings. The summed E-state index contributed by atoms with van der Waals surface area (Å²) in [5.41, 5.74) is -2.38. The summed E-state index contributed by atoms with van der Waals surface area (Å²) in [4.78, 5) is 12.4. The van der Waals surface area contributed by atoms with Crippen molar-refractivity contribution in [3.8, 4) is 0 Å². The summed E-state index contributed by atoms with van der Waals surface area (Å²) in [6.07, 6.45) is -5.37. The van der Waals surface area contributed by atoms with E-state index in [1.807, 2.05) is 30.3 Å². The number of alkyl halides is 3. The van der Waals surface area contributed by atoms with Crippen LogP contribution in [0.5, 0.6) is 0 Å². The SMILES string of the molecule is O=C(CCCc1ccccc1)N1N=C(c2ccc(F)cc2)CC1(O)C(F)(F)F. The van der Waals surface area contributed by atoms with E-state index < -0.39 is 30.0 Å². The number of halogens is 4. The second-order valence-electron chi connectivity index (χ2n) is 6.59. The number of carbonyl (C=O) groups is 1. The summed E-state index contributed by atoms with van der Waals surface area (Å²) in [6, 6.07) is 13.9. The van der Waals surface area contributed by atoms with E-state index in [1.165, 1.54) is 12.1 Å². The maximum absolute atomic E-state index is 13.5. The lowest BCUT2D eigenvalue weighted by molar-refractivity contribution is -0.302. The zero-order valence-corrected chi connectivity index (χ0v) is 14.8. The standard InChI is InChI=1S/C20H18F4N2O2/c21-16-11-9-15(10-12-16)17-13-19(28,20(22,23)24)26(25-17)18(27)8-4-7-14-5-2-1-3-6-14/h1-3,5-6,9-12,28H,4,7-8,13H2. The van der Waals surface area contributed by atoms with Crippen molar-refractivity contribution in [3.05, 3.63) is 71.5 Å². The average Bonchev–Trinajstić information content (AvgIpc) is 3.02. The van der Waals surface area contributed by atoms with E-state index in [0.29, 0.717) is 12.8 Å². The van der Waals surface area contributed by atoms with Gasteiger partial charge in [0.1, 0.15) is 5.82 Å². The first-order valence-corrected chi connectivity index (χ1v) is 8.70. The number of hydrazone groups is 1. The Labute approximate surface area is 159 Å². The topological polar surface area (TPSA) is 52.9 Å². The lowest BCUT2D eigenvalue weighted by Gasteiger charge is -2.32. The minimum absolute atomic E-state index is 0.122. The first-order chi connectivity index (χ1) is 13.2. The second kappa shape index (κ2) is 7.71. The van der Waals surface area contributed by atoms with Crippen LogP contribution in [-0.4, -0.2) is 33.6 Å². The molecule has 1 N–H and O–H groups in total. The van der Waals surface area contributed by atoms with Crippen LogP contribution in [0.4, 0.5) is 17.6 Å². The zero-order valence-electron chi connectivity index (χ0n) is 14.8. The third kappa shape index (κ3) is 4.06. The number of amides is 1. The minimum Gasteiger partial charge on any atom is -0.362 e. The highest BCUT2D eigenvalue weighted by Gasteiger charge is 2.63. The molecule has 0 fully saturated rings. The molecule has 0 saturated heterocycles. The van der Waals surface area contributed by atoms with Crippen molar-refractivity contribution >= 4 is 11.6 Å². The summed E-state index contributed by atoms with van der Waals surface area (Å²) < 4.78 is 53.6. The highest BCUT2D eigenvalue weighted by atomic mass is 19.4. The number of rotatable bonds is 5. The molecule has 0 bridgehead atoms. The predicted octanol–water partition coefficient (Wildman–Crippen LogP) is 4.04. The van der Waals surface area contributed by atoms with Crippen LogP contribution < -0.4 is 0 Å². The Bertz CT molecular complexity index is 866. The summed E-state index contributed by atoms with van der Waals surface area (Å²) in [7, 11) is 0. The molecule has 1 heterocycles. The molecule has 4 nitrogen and oxygen atoms in total. The van der Waals surface area contributed by atoms with E-state index in [1.54, 1.807) is 0 Å². The van der Waals surface area contributed by atoms with Gasteiger partial charge in [-0.1, -0.05) is 42.5 Å². The zero-order chi connectivity index (χ0) is 20.4. The molecule has 1 unspecified atom stereocenters. The molecule has 1 amide bonds. The Balaban J connectivity index is 1.77. The first-order valence-electron chi connectivity index (χ1n) is 8.70. The Morgan fingerprint density at radius 2 is 1.75 bits per heavy atom. The van der Waals surface area contributed by atoms with Gasteiger partial charge in [0.15, 0.2) is 0 Å². The number of aliphatic hydroxyl groups is 1. The van der Waals surface area contributed by atoms with E-state index in [4.69, 9.17) is 0 Å². The molecule has 0 spiro atoms. The van der Waals surface area contributed by atoms with Crippen molar-refractivity contribution in [1.29, 1.82) is 0 Å². The Morgan fingerprint density at radius 1 is 1.11 bits per heavy atom. The number of carbonyl (C=O) groups excluding carboxylic acids is 1. The molecule has 0 saturated carbocycles. The van der Waals surface area contributed by atoms with Gasteiger partial charge < -0.3 is 5.11 Å². The smallest absolute Gasteiger partial charge is 0.362 e. The maximum Gasteiger partial charge on any atom is 0.438 e. The molecule has 148 valence electrons. The number of hydrogen-bond donors (Lipinski definition) is 1. The van der Waals surface area contributed by atoms with Gasteiger partial charge >= 0.3 is 6.18 Å². The molecule has 3 rings (SSSR count). The van der Waals surface area contributed by atoms with Crippen molar-refractivity contribution in [3.63, 3.8) is 0 Å². The number of benzene rings is 2. The fourth-order valence-electron chi connectivity index (χ4n) is 3.03. The Kier molecular flexibility index (Phi) is 5.51. The molecule has 1 atom stereocenters. The van der Waals surface area contributed by atoms with E-state index in [0.717, 1.165) is 17.7 Å². The molecule has 8 heteroatoms. The van der Waals surface area contributed by atoms with Crippen LogP contribution in [0.1, 0.15) is 30.4 Å². The summed E-state index contributed by atoms with van der Waals surface area (Å²) in [5.74, 6) is -1.48. The van der Waals surface area contributed by atoms with Crippen molar-refractivity contribution in [1.82, 2.24) is 5.01 Å². The number of hydrogen-bond acceptors (Lipinski definition) is 3. The van der Waals surface area contributed by atoms with Crippen LogP contribution in [0.3, 0.4) is 0 Å². The van der Waals surface area contributed by atoms with Crippen LogP contribution in [0.2, 0.25) is 0 Å². The van der Waals surface area contributed by atoms with Gasteiger partial charge in [0.05, 0.1) is 12.1 Å². The van der Waals surface area contributed by atoms with Gasteiger partial charge in [0, 0.05) is 6.42 Å². The number of aryl methyl sites for hydroxylation is 1. The van der Waals surface area contributed by atoms with Crippen molar-refractivity contribution < 1.29 is 27.5 Å². The maximum atomic E-state index is 13.5. The molecule has 1 aliphatic heterocycles. The Hall–Kier alpha value is -2.74. The van der Waals surface area contributed by atoms with Crippen LogP contribution in [-0.2, 0) is 11.2 Å². The summed E-state index contributed by atoms with van der Waals surface area (Å²) in [6.45, 7) is 0. The highest BCUT2D eigenvalue weighted by Crippen LogP contribution is 2.41. The summed E-state index contributed by atoms with van der Waals surface area (Å²) >= 11 is 0. The van der Waals surface area contributed by atoms with Gasteiger partial charge in [-0.05, 0) is 36.1 Å². The first kappa shape index (κ1) is 20.0. The average molecular weight is 394 g/mol. The highest BCUT2D eigenvalue weighted by molar-refractivity contribution is 6.03. The van der Waals surface area contributed by atoms with Gasteiger partial charge in [-0.3, -0.25) is 4.79 Å². The van der Waals surface area contributed by atoms with Crippen molar-refractivity contribution in [2.24, 2.45) is 5.10 Å². The van der Waals surface area contributed by atoms with Crippen LogP contribution in [0, 0.1) is 5.82 Å². The van der Waals surface area contributed by atoms with Crippen LogP contribution in [0.25, 0.3) is 0 Å². The van der Waals surface area contributed by atoms with E-state index >= 15 is 0 Å². The molecule has 0 aromatic heterocycles. The van der Waals surface area contributed by atoms with E-state index in [9.17, 15) is 27.5 Å². The molecular weight excluding hydrogens is 376 g/mol. The molecule has 0 aliphatic carbocycles. The second-order valence-corrected chi connectivity index (χ2v) is 6.59. The molecule has 2 aromatic rings. The molecule has 28 heavy (non-hydrogen) atoms. The van der Waals surface area contributed by atoms with Gasteiger partial charge in [0.25, 0.3) is 5.72 Å². The Morgan fingerprint density at radius 3 is 2.36 bits per heavy atom. The van der Waals surface area contributed by atoms with Gasteiger partial charge in [-0.2, -0.15) is 23.3 Å². The van der Waals surface area contributed by atoms with Crippen LogP contribution >= 0.6 is 0 Å². The lowest BCUT2D eigenvalue weighted by atomic mass is 10.0. The van der Waals surface area contributed by atoms with Crippen molar-refractivity contribution in [2.75, 3.05) is 0 Å². The molecule has 0 radical (unpaired) electrons. The van der Waals surface area contributed by atoms with Crippen LogP contribution in [0.15, 0.2) is 59.7 Å². The quantitative estimate of drug-likeness (QED) is 0.779. The predicted molar refractivity (Wildman–Crippen MR) is 94.8 cm³/mol. The van der Waals surface area contributed by atoms with Gasteiger partial charge in [-0.25, -0.2) is 4.39 Å². The van der Waals surface area contributed by atoms with Crippen molar-refractivity contribution in [2.45, 2.75) is 37.6 Å². The minimum atomic E-state index is -5.09. The van der Waals surface area contributed by atoms with E-state index in [-0.39, 0.29) is 22.7 Å². The molecule has 2 aromatic carbocycles. The number of nitrogens with zero attached hydrogens (tertiary/aromatic N) is 2. The fraction of sp³-hybridized carbons (Fsp3) is 0.300. The monoisotopic (exact) mass is 394 g/mol. The van der Waals surface area contributed by atoms with Gasteiger partial charge in [-0.15, -0.1) is 0 Å². The third-order valence-corrected chi connectivity index (χ3v) is 4.55.